The zero-order chi connectivity index (χ0) is 8.27. The molecule has 82 valence electrons. The molecular formula is C7H16Cl2F2N2. The first-order valence-electron chi connectivity index (χ1n) is 3.94. The summed E-state index contributed by atoms with van der Waals surface area (Å²) in [6.07, 6.45) is -1.22. The number of alkyl halides is 2. The molecule has 2 nitrogen and oxygen atoms in total. The Morgan fingerprint density at radius 2 is 1.85 bits per heavy atom. The summed E-state index contributed by atoms with van der Waals surface area (Å²) in [5.41, 5.74) is 5.28. The van der Waals surface area contributed by atoms with Gasteiger partial charge in [0.05, 0.1) is 0 Å². The van der Waals surface area contributed by atoms with Crippen LogP contribution in [0.1, 0.15) is 6.42 Å². The molecule has 0 radical (unpaired) electrons. The standard InChI is InChI=1S/C7H14F2N2.2ClH/c8-7(9)6-4-11(5-6)3-1-2-10;;/h6-7H,1-5,10H2;2*1H. The first-order chi connectivity index (χ1) is 5.24. The van der Waals surface area contributed by atoms with E-state index < -0.39 is 6.43 Å². The topological polar surface area (TPSA) is 29.3 Å². The fraction of sp³-hybridized carbons (Fsp3) is 1.00. The van der Waals surface area contributed by atoms with Crippen LogP contribution < -0.4 is 5.73 Å². The number of hydrogen-bond acceptors (Lipinski definition) is 2. The molecule has 1 fully saturated rings. The zero-order valence-corrected chi connectivity index (χ0v) is 8.92. The second-order valence-electron chi connectivity index (χ2n) is 3.00. The smallest absolute Gasteiger partial charge is 0.243 e. The quantitative estimate of drug-likeness (QED) is 0.800. The van der Waals surface area contributed by atoms with Crippen molar-refractivity contribution < 1.29 is 8.78 Å². The van der Waals surface area contributed by atoms with E-state index in [2.05, 4.69) is 0 Å². The minimum atomic E-state index is -2.14. The summed E-state index contributed by atoms with van der Waals surface area (Å²) < 4.78 is 23.8. The van der Waals surface area contributed by atoms with Crippen molar-refractivity contribution in [1.82, 2.24) is 4.90 Å². The third kappa shape index (κ3) is 4.96. The molecule has 2 N–H and O–H groups in total. The van der Waals surface area contributed by atoms with E-state index in [0.717, 1.165) is 13.0 Å². The van der Waals surface area contributed by atoms with Crippen LogP contribution in [0.25, 0.3) is 0 Å². The van der Waals surface area contributed by atoms with Crippen LogP contribution in [-0.4, -0.2) is 37.5 Å². The lowest BCUT2D eigenvalue weighted by Gasteiger charge is -2.38. The molecule has 0 bridgehead atoms. The van der Waals surface area contributed by atoms with Gasteiger partial charge in [-0.05, 0) is 19.5 Å². The summed E-state index contributed by atoms with van der Waals surface area (Å²) in [5, 5.41) is 0. The molecule has 0 aromatic heterocycles. The highest BCUT2D eigenvalue weighted by Gasteiger charge is 2.32. The molecule has 1 aliphatic rings. The summed E-state index contributed by atoms with van der Waals surface area (Å²) in [7, 11) is 0. The lowest BCUT2D eigenvalue weighted by molar-refractivity contribution is -0.0240. The number of halogens is 4. The van der Waals surface area contributed by atoms with Gasteiger partial charge in [-0.25, -0.2) is 8.78 Å². The van der Waals surface area contributed by atoms with Crippen LogP contribution in [0.3, 0.4) is 0 Å². The van der Waals surface area contributed by atoms with Crippen molar-refractivity contribution in [1.29, 1.82) is 0 Å². The minimum absolute atomic E-state index is 0. The van der Waals surface area contributed by atoms with Gasteiger partial charge < -0.3 is 10.6 Å². The minimum Gasteiger partial charge on any atom is -0.330 e. The van der Waals surface area contributed by atoms with Crippen LogP contribution in [0.2, 0.25) is 0 Å². The first kappa shape index (κ1) is 15.8. The monoisotopic (exact) mass is 236 g/mol. The van der Waals surface area contributed by atoms with E-state index in [-0.39, 0.29) is 30.7 Å². The molecule has 0 saturated carbocycles. The van der Waals surface area contributed by atoms with Gasteiger partial charge >= 0.3 is 0 Å². The Balaban J connectivity index is 0. The number of nitrogens with zero attached hydrogens (tertiary/aromatic N) is 1. The Morgan fingerprint density at radius 1 is 1.31 bits per heavy atom. The Labute approximate surface area is 89.7 Å². The second-order valence-corrected chi connectivity index (χ2v) is 3.00. The molecule has 1 heterocycles. The molecule has 0 aromatic rings. The molecule has 1 aliphatic heterocycles. The van der Waals surface area contributed by atoms with E-state index in [1.807, 2.05) is 4.90 Å². The van der Waals surface area contributed by atoms with Gasteiger partial charge in [0.15, 0.2) is 0 Å². The van der Waals surface area contributed by atoms with Gasteiger partial charge in [-0.1, -0.05) is 0 Å². The number of rotatable bonds is 4. The summed E-state index contributed by atoms with van der Waals surface area (Å²) >= 11 is 0. The van der Waals surface area contributed by atoms with E-state index in [1.54, 1.807) is 0 Å². The lowest BCUT2D eigenvalue weighted by atomic mass is 10.0. The fourth-order valence-corrected chi connectivity index (χ4v) is 1.27. The van der Waals surface area contributed by atoms with Crippen LogP contribution in [0.5, 0.6) is 0 Å². The van der Waals surface area contributed by atoms with Gasteiger partial charge in [0.2, 0.25) is 6.43 Å². The van der Waals surface area contributed by atoms with Crippen molar-refractivity contribution in [2.75, 3.05) is 26.2 Å². The van der Waals surface area contributed by atoms with E-state index in [4.69, 9.17) is 5.73 Å². The third-order valence-electron chi connectivity index (χ3n) is 2.02. The van der Waals surface area contributed by atoms with Gasteiger partial charge in [-0.3, -0.25) is 0 Å². The molecule has 0 unspecified atom stereocenters. The van der Waals surface area contributed by atoms with Gasteiger partial charge in [-0.15, -0.1) is 24.8 Å². The summed E-state index contributed by atoms with van der Waals surface area (Å²) in [6.45, 7) is 2.63. The molecule has 0 aliphatic carbocycles. The van der Waals surface area contributed by atoms with Crippen molar-refractivity contribution >= 4 is 24.8 Å². The first-order valence-corrected chi connectivity index (χ1v) is 3.94. The average molecular weight is 237 g/mol. The molecular weight excluding hydrogens is 221 g/mol. The van der Waals surface area contributed by atoms with E-state index in [9.17, 15) is 8.78 Å². The molecule has 0 atom stereocenters. The van der Waals surface area contributed by atoms with Crippen molar-refractivity contribution in [3.63, 3.8) is 0 Å². The summed E-state index contributed by atoms with van der Waals surface area (Å²) in [4.78, 5) is 2.02. The maximum Gasteiger partial charge on any atom is 0.243 e. The molecule has 0 amide bonds. The normalized spacial score (nSPS) is 17.5. The Morgan fingerprint density at radius 3 is 2.23 bits per heavy atom. The number of nitrogens with two attached hydrogens (primary N) is 1. The maximum atomic E-state index is 11.9. The van der Waals surface area contributed by atoms with Crippen molar-refractivity contribution in [2.45, 2.75) is 12.8 Å². The second kappa shape index (κ2) is 7.74. The van der Waals surface area contributed by atoms with Crippen LogP contribution in [0.4, 0.5) is 8.78 Å². The lowest BCUT2D eigenvalue weighted by Crippen LogP contribution is -2.50. The van der Waals surface area contributed by atoms with E-state index in [1.165, 1.54) is 0 Å². The molecule has 13 heavy (non-hydrogen) atoms. The fourth-order valence-electron chi connectivity index (χ4n) is 1.27. The molecule has 1 rings (SSSR count). The SMILES string of the molecule is Cl.Cl.NCCCN1CC(C(F)F)C1. The Kier molecular flexibility index (Phi) is 9.41. The summed E-state index contributed by atoms with van der Waals surface area (Å²) in [6, 6.07) is 0. The predicted molar refractivity (Wildman–Crippen MR) is 54.1 cm³/mol. The molecule has 1 saturated heterocycles. The highest BCUT2D eigenvalue weighted by Crippen LogP contribution is 2.21. The van der Waals surface area contributed by atoms with Crippen molar-refractivity contribution in [2.24, 2.45) is 11.7 Å². The van der Waals surface area contributed by atoms with Gasteiger partial charge in [0.25, 0.3) is 0 Å². The maximum absolute atomic E-state index is 11.9. The van der Waals surface area contributed by atoms with Gasteiger partial charge in [-0.2, -0.15) is 0 Å². The van der Waals surface area contributed by atoms with E-state index >= 15 is 0 Å². The van der Waals surface area contributed by atoms with Gasteiger partial charge in [0.1, 0.15) is 0 Å². The highest BCUT2D eigenvalue weighted by atomic mass is 35.5. The number of hydrogen-bond donors (Lipinski definition) is 1. The van der Waals surface area contributed by atoms with Crippen LogP contribution >= 0.6 is 24.8 Å². The van der Waals surface area contributed by atoms with Crippen molar-refractivity contribution in [3.8, 4) is 0 Å². The van der Waals surface area contributed by atoms with Crippen molar-refractivity contribution in [3.05, 3.63) is 0 Å². The zero-order valence-electron chi connectivity index (χ0n) is 7.29. The Bertz CT molecular complexity index is 121. The largest absolute Gasteiger partial charge is 0.330 e. The highest BCUT2D eigenvalue weighted by molar-refractivity contribution is 5.85. The van der Waals surface area contributed by atoms with Gasteiger partial charge in [0, 0.05) is 19.0 Å². The predicted octanol–water partition coefficient (Wildman–Crippen LogP) is 1.38. The Hall–Kier alpha value is 0.360. The summed E-state index contributed by atoms with van der Waals surface area (Å²) in [5.74, 6) is -0.382. The number of likely N-dealkylation sites (tertiary alicyclic amines) is 1. The average Bonchev–Trinajstić information content (AvgIpc) is 1.84. The molecule has 0 aromatic carbocycles. The van der Waals surface area contributed by atoms with Crippen LogP contribution in [0, 0.1) is 5.92 Å². The van der Waals surface area contributed by atoms with E-state index in [0.29, 0.717) is 19.6 Å². The molecule has 0 spiro atoms. The van der Waals surface area contributed by atoms with Crippen LogP contribution in [-0.2, 0) is 0 Å². The molecule has 6 heteroatoms. The third-order valence-corrected chi connectivity index (χ3v) is 2.02. The van der Waals surface area contributed by atoms with Crippen LogP contribution in [0.15, 0.2) is 0 Å².